The van der Waals surface area contributed by atoms with Gasteiger partial charge >= 0.3 is 0 Å². The Balaban J connectivity index is 1.69. The van der Waals surface area contributed by atoms with Crippen LogP contribution >= 0.6 is 0 Å². The van der Waals surface area contributed by atoms with Gasteiger partial charge in [-0.1, -0.05) is 25.7 Å². The summed E-state index contributed by atoms with van der Waals surface area (Å²) in [6, 6.07) is -0.340. The van der Waals surface area contributed by atoms with Gasteiger partial charge in [0.1, 0.15) is 6.04 Å². The fraction of sp³-hybridized carbons (Fsp3) is 0.889. The van der Waals surface area contributed by atoms with Crippen molar-refractivity contribution in [2.45, 2.75) is 70.8 Å². The maximum atomic E-state index is 12.4. The second-order valence-corrected chi connectivity index (χ2v) is 7.12. The summed E-state index contributed by atoms with van der Waals surface area (Å²) in [5.41, 5.74) is 0. The van der Waals surface area contributed by atoms with E-state index in [9.17, 15) is 9.59 Å². The van der Waals surface area contributed by atoms with E-state index in [0.29, 0.717) is 12.5 Å². The van der Waals surface area contributed by atoms with Crippen LogP contribution in [0.25, 0.3) is 0 Å². The van der Waals surface area contributed by atoms with Crippen LogP contribution in [-0.2, 0) is 9.59 Å². The number of hydrogen-bond acceptors (Lipinski definition) is 3. The molecule has 2 N–H and O–H groups in total. The van der Waals surface area contributed by atoms with Crippen molar-refractivity contribution >= 4 is 11.8 Å². The first kappa shape index (κ1) is 18.2. The van der Waals surface area contributed by atoms with Crippen molar-refractivity contribution in [1.29, 1.82) is 0 Å². The van der Waals surface area contributed by atoms with Crippen LogP contribution in [0.15, 0.2) is 0 Å². The van der Waals surface area contributed by atoms with Gasteiger partial charge in [-0.25, -0.2) is 0 Å². The SMILES string of the molecule is CC(=O)NC(C(=O)NCCCN1CCCCCC1)C1CCCC1. The van der Waals surface area contributed by atoms with Crippen LogP contribution in [0.2, 0.25) is 0 Å². The molecule has 5 nitrogen and oxygen atoms in total. The van der Waals surface area contributed by atoms with Crippen molar-refractivity contribution in [3.05, 3.63) is 0 Å². The molecule has 2 amide bonds. The number of rotatable bonds is 7. The standard InChI is InChI=1S/C18H33N3O2/c1-15(22)20-17(16-9-4-5-10-16)18(23)19-11-8-14-21-12-6-2-3-7-13-21/h16-17H,2-14H2,1H3,(H,19,23)(H,20,22). The Labute approximate surface area is 140 Å². The number of hydrogen-bond donors (Lipinski definition) is 2. The molecule has 0 radical (unpaired) electrons. The first-order valence-corrected chi connectivity index (χ1v) is 9.44. The molecular formula is C18H33N3O2. The van der Waals surface area contributed by atoms with Gasteiger partial charge in [-0.3, -0.25) is 9.59 Å². The highest BCUT2D eigenvalue weighted by Gasteiger charge is 2.30. The zero-order chi connectivity index (χ0) is 16.5. The molecule has 23 heavy (non-hydrogen) atoms. The van der Waals surface area contributed by atoms with Gasteiger partial charge in [-0.15, -0.1) is 0 Å². The van der Waals surface area contributed by atoms with Crippen molar-refractivity contribution in [3.8, 4) is 0 Å². The van der Waals surface area contributed by atoms with Gasteiger partial charge in [0, 0.05) is 13.5 Å². The van der Waals surface area contributed by atoms with E-state index in [4.69, 9.17) is 0 Å². The van der Waals surface area contributed by atoms with E-state index in [0.717, 1.165) is 25.8 Å². The van der Waals surface area contributed by atoms with Crippen molar-refractivity contribution in [2.24, 2.45) is 5.92 Å². The quantitative estimate of drug-likeness (QED) is 0.705. The lowest BCUT2D eigenvalue weighted by molar-refractivity contribution is -0.129. The van der Waals surface area contributed by atoms with Gasteiger partial charge in [0.05, 0.1) is 0 Å². The third-order valence-electron chi connectivity index (χ3n) is 5.16. The minimum Gasteiger partial charge on any atom is -0.354 e. The number of amides is 2. The van der Waals surface area contributed by atoms with Gasteiger partial charge in [0.15, 0.2) is 0 Å². The molecule has 1 aliphatic carbocycles. The Bertz CT molecular complexity index is 372. The number of nitrogens with one attached hydrogen (secondary N) is 2. The molecular weight excluding hydrogens is 290 g/mol. The Morgan fingerprint density at radius 2 is 1.70 bits per heavy atom. The maximum Gasteiger partial charge on any atom is 0.242 e. The van der Waals surface area contributed by atoms with Crippen molar-refractivity contribution < 1.29 is 9.59 Å². The van der Waals surface area contributed by atoms with Crippen LogP contribution in [0.5, 0.6) is 0 Å². The van der Waals surface area contributed by atoms with Gasteiger partial charge in [0.2, 0.25) is 11.8 Å². The monoisotopic (exact) mass is 323 g/mol. The summed E-state index contributed by atoms with van der Waals surface area (Å²) in [5.74, 6) is 0.203. The normalized spacial score (nSPS) is 21.6. The predicted octanol–water partition coefficient (Wildman–Crippen LogP) is 2.06. The maximum absolute atomic E-state index is 12.4. The molecule has 1 heterocycles. The van der Waals surface area contributed by atoms with Gasteiger partial charge in [0.25, 0.3) is 0 Å². The molecule has 2 rings (SSSR count). The van der Waals surface area contributed by atoms with Crippen molar-refractivity contribution in [1.82, 2.24) is 15.5 Å². The zero-order valence-electron chi connectivity index (χ0n) is 14.6. The molecule has 132 valence electrons. The van der Waals surface area contributed by atoms with E-state index in [1.54, 1.807) is 0 Å². The van der Waals surface area contributed by atoms with Crippen LogP contribution in [0, 0.1) is 5.92 Å². The molecule has 0 aromatic heterocycles. The van der Waals surface area contributed by atoms with Crippen LogP contribution in [0.4, 0.5) is 0 Å². The molecule has 0 bridgehead atoms. The second kappa shape index (κ2) is 9.91. The molecule has 1 saturated heterocycles. The molecule has 5 heteroatoms. The molecule has 1 atom stereocenters. The molecule has 0 aromatic rings. The predicted molar refractivity (Wildman–Crippen MR) is 92.1 cm³/mol. The topological polar surface area (TPSA) is 61.4 Å². The minimum atomic E-state index is -0.340. The molecule has 2 fully saturated rings. The van der Waals surface area contributed by atoms with E-state index in [-0.39, 0.29) is 17.9 Å². The number of likely N-dealkylation sites (tertiary alicyclic amines) is 1. The van der Waals surface area contributed by atoms with E-state index in [1.165, 1.54) is 58.5 Å². The highest BCUT2D eigenvalue weighted by Crippen LogP contribution is 2.27. The van der Waals surface area contributed by atoms with Crippen LogP contribution in [0.1, 0.15) is 64.7 Å². The lowest BCUT2D eigenvalue weighted by Crippen LogP contribution is -2.50. The van der Waals surface area contributed by atoms with E-state index < -0.39 is 0 Å². The lowest BCUT2D eigenvalue weighted by atomic mass is 9.97. The average Bonchev–Trinajstić information content (AvgIpc) is 2.93. The first-order chi connectivity index (χ1) is 11.2. The highest BCUT2D eigenvalue weighted by atomic mass is 16.2. The Morgan fingerprint density at radius 1 is 1.04 bits per heavy atom. The van der Waals surface area contributed by atoms with E-state index in [1.807, 2.05) is 0 Å². The summed E-state index contributed by atoms with van der Waals surface area (Å²) in [7, 11) is 0. The fourth-order valence-corrected chi connectivity index (χ4v) is 3.89. The smallest absolute Gasteiger partial charge is 0.242 e. The van der Waals surface area contributed by atoms with Crippen molar-refractivity contribution in [3.63, 3.8) is 0 Å². The van der Waals surface area contributed by atoms with Crippen LogP contribution in [-0.4, -0.2) is 48.9 Å². The lowest BCUT2D eigenvalue weighted by Gasteiger charge is -2.24. The summed E-state index contributed by atoms with van der Waals surface area (Å²) >= 11 is 0. The number of carbonyl (C=O) groups excluding carboxylic acids is 2. The molecule has 2 aliphatic rings. The zero-order valence-corrected chi connectivity index (χ0v) is 14.6. The molecule has 0 spiro atoms. The Kier molecular flexibility index (Phi) is 7.86. The van der Waals surface area contributed by atoms with Gasteiger partial charge in [-0.2, -0.15) is 0 Å². The summed E-state index contributed by atoms with van der Waals surface area (Å²) < 4.78 is 0. The molecule has 0 aromatic carbocycles. The largest absolute Gasteiger partial charge is 0.354 e. The average molecular weight is 323 g/mol. The highest BCUT2D eigenvalue weighted by molar-refractivity contribution is 5.87. The Morgan fingerprint density at radius 3 is 2.30 bits per heavy atom. The first-order valence-electron chi connectivity index (χ1n) is 9.44. The van der Waals surface area contributed by atoms with E-state index >= 15 is 0 Å². The van der Waals surface area contributed by atoms with Crippen LogP contribution in [0.3, 0.4) is 0 Å². The van der Waals surface area contributed by atoms with Crippen molar-refractivity contribution in [2.75, 3.05) is 26.2 Å². The van der Waals surface area contributed by atoms with Crippen LogP contribution < -0.4 is 10.6 Å². The summed E-state index contributed by atoms with van der Waals surface area (Å²) in [6.45, 7) is 5.66. The summed E-state index contributed by atoms with van der Waals surface area (Å²) in [4.78, 5) is 26.3. The number of carbonyl (C=O) groups is 2. The van der Waals surface area contributed by atoms with Gasteiger partial charge in [-0.05, 0) is 57.7 Å². The summed E-state index contributed by atoms with van der Waals surface area (Å²) in [6.07, 6.45) is 10.7. The fourth-order valence-electron chi connectivity index (χ4n) is 3.89. The van der Waals surface area contributed by atoms with Gasteiger partial charge < -0.3 is 15.5 Å². The third kappa shape index (κ3) is 6.50. The minimum absolute atomic E-state index is 0.00275. The molecule has 1 saturated carbocycles. The Hall–Kier alpha value is -1.10. The van der Waals surface area contributed by atoms with E-state index in [2.05, 4.69) is 15.5 Å². The third-order valence-corrected chi connectivity index (χ3v) is 5.16. The number of nitrogens with zero attached hydrogens (tertiary/aromatic N) is 1. The molecule has 1 aliphatic heterocycles. The second-order valence-electron chi connectivity index (χ2n) is 7.12. The molecule has 1 unspecified atom stereocenters. The summed E-state index contributed by atoms with van der Waals surface area (Å²) in [5, 5.41) is 5.90.